The lowest BCUT2D eigenvalue weighted by Crippen LogP contribution is -2.42. The van der Waals surface area contributed by atoms with E-state index in [0.29, 0.717) is 11.4 Å². The molecule has 0 saturated carbocycles. The van der Waals surface area contributed by atoms with Gasteiger partial charge in [0.1, 0.15) is 17.2 Å². The van der Waals surface area contributed by atoms with Crippen LogP contribution in [0.3, 0.4) is 0 Å². The number of carbonyl (C=O) groups excluding carboxylic acids is 1. The topological polar surface area (TPSA) is 57.5 Å². The second-order valence-electron chi connectivity index (χ2n) is 7.99. The number of fused-ring (bicyclic) bond motifs is 1. The molecule has 1 aliphatic heterocycles. The van der Waals surface area contributed by atoms with Gasteiger partial charge in [0.25, 0.3) is 5.91 Å². The first kappa shape index (κ1) is 20.4. The maximum absolute atomic E-state index is 14.0. The zero-order valence-corrected chi connectivity index (χ0v) is 17.6. The Morgan fingerprint density at radius 2 is 1.78 bits per heavy atom. The second-order valence-corrected chi connectivity index (χ2v) is 7.99. The van der Waals surface area contributed by atoms with Crippen LogP contribution >= 0.6 is 0 Å². The van der Waals surface area contributed by atoms with E-state index in [1.54, 1.807) is 18.2 Å². The minimum Gasteiger partial charge on any atom is -0.456 e. The third kappa shape index (κ3) is 4.28. The van der Waals surface area contributed by atoms with Crippen molar-refractivity contribution in [2.75, 3.05) is 31.5 Å². The van der Waals surface area contributed by atoms with Gasteiger partial charge in [0, 0.05) is 43.7 Å². The van der Waals surface area contributed by atoms with Gasteiger partial charge in [0.2, 0.25) is 0 Å². The largest absolute Gasteiger partial charge is 0.456 e. The molecule has 1 amide bonds. The molecule has 5 rings (SSSR count). The summed E-state index contributed by atoms with van der Waals surface area (Å²) in [6, 6.07) is 21.6. The van der Waals surface area contributed by atoms with Crippen LogP contribution < -0.4 is 10.6 Å². The molecule has 0 spiro atoms. The fourth-order valence-corrected chi connectivity index (χ4v) is 4.08. The van der Waals surface area contributed by atoms with Gasteiger partial charge in [-0.15, -0.1) is 0 Å². The molecule has 2 heterocycles. The van der Waals surface area contributed by atoms with Gasteiger partial charge >= 0.3 is 0 Å². The summed E-state index contributed by atoms with van der Waals surface area (Å²) < 4.78 is 20.2. The van der Waals surface area contributed by atoms with Crippen LogP contribution in [-0.4, -0.2) is 37.0 Å². The van der Waals surface area contributed by atoms with Crippen LogP contribution in [0.2, 0.25) is 0 Å². The Morgan fingerprint density at radius 1 is 1.00 bits per heavy atom. The average molecular weight is 429 g/mol. The lowest BCUT2D eigenvalue weighted by molar-refractivity contribution is 0.102. The van der Waals surface area contributed by atoms with E-state index in [-0.39, 0.29) is 5.56 Å². The standard InChI is InChI=1S/C26H24FN3O2/c27-22-7-3-1-5-20(22)26(31)29-23-8-4-2-6-21(23)25-16-19-10-9-18(15-24(19)32-25)17-30-13-11-28-12-14-30/h1-10,15-16,28H,11-14,17H2,(H,29,31). The third-order valence-electron chi connectivity index (χ3n) is 5.76. The van der Waals surface area contributed by atoms with Crippen molar-refractivity contribution in [2.45, 2.75) is 6.54 Å². The Labute approximate surface area is 185 Å². The zero-order valence-electron chi connectivity index (χ0n) is 17.6. The number of nitrogens with zero attached hydrogens (tertiary/aromatic N) is 1. The van der Waals surface area contributed by atoms with Gasteiger partial charge in [-0.2, -0.15) is 0 Å². The van der Waals surface area contributed by atoms with Crippen molar-refractivity contribution in [3.05, 3.63) is 89.7 Å². The van der Waals surface area contributed by atoms with Gasteiger partial charge in [-0.05, 0) is 42.0 Å². The summed E-state index contributed by atoms with van der Waals surface area (Å²) >= 11 is 0. The van der Waals surface area contributed by atoms with E-state index in [0.717, 1.165) is 49.3 Å². The van der Waals surface area contributed by atoms with E-state index in [4.69, 9.17) is 4.42 Å². The quantitative estimate of drug-likeness (QED) is 0.474. The Kier molecular flexibility index (Phi) is 5.71. The van der Waals surface area contributed by atoms with Crippen LogP contribution in [-0.2, 0) is 6.54 Å². The number of carbonyl (C=O) groups is 1. The number of rotatable bonds is 5. The van der Waals surface area contributed by atoms with Crippen molar-refractivity contribution in [3.63, 3.8) is 0 Å². The van der Waals surface area contributed by atoms with Crippen LogP contribution in [0.25, 0.3) is 22.3 Å². The summed E-state index contributed by atoms with van der Waals surface area (Å²) in [7, 11) is 0. The average Bonchev–Trinajstić information content (AvgIpc) is 3.23. The van der Waals surface area contributed by atoms with E-state index < -0.39 is 11.7 Å². The predicted octanol–water partition coefficient (Wildman–Crippen LogP) is 4.90. The molecular formula is C26H24FN3O2. The first-order valence-corrected chi connectivity index (χ1v) is 10.8. The van der Waals surface area contributed by atoms with Crippen molar-refractivity contribution in [3.8, 4) is 11.3 Å². The number of amides is 1. The molecular weight excluding hydrogens is 405 g/mol. The number of furan rings is 1. The SMILES string of the molecule is O=C(Nc1ccccc1-c1cc2ccc(CN3CCNCC3)cc2o1)c1ccccc1F. The normalized spacial score (nSPS) is 14.5. The number of benzene rings is 3. The maximum atomic E-state index is 14.0. The Bertz CT molecular complexity index is 1260. The van der Waals surface area contributed by atoms with Gasteiger partial charge in [-0.3, -0.25) is 9.69 Å². The maximum Gasteiger partial charge on any atom is 0.258 e. The molecule has 1 aromatic heterocycles. The summed E-state index contributed by atoms with van der Waals surface area (Å²) in [6.45, 7) is 5.00. The Hall–Kier alpha value is -3.48. The smallest absolute Gasteiger partial charge is 0.258 e. The number of piperazine rings is 1. The van der Waals surface area contributed by atoms with E-state index >= 15 is 0 Å². The summed E-state index contributed by atoms with van der Waals surface area (Å²) in [5.74, 6) is -0.392. The number of halogens is 1. The van der Waals surface area contributed by atoms with E-state index in [9.17, 15) is 9.18 Å². The van der Waals surface area contributed by atoms with Crippen LogP contribution in [0, 0.1) is 5.82 Å². The predicted molar refractivity (Wildman–Crippen MR) is 124 cm³/mol. The van der Waals surface area contributed by atoms with Gasteiger partial charge in [-0.25, -0.2) is 4.39 Å². The van der Waals surface area contributed by atoms with E-state index in [1.807, 2.05) is 24.3 Å². The van der Waals surface area contributed by atoms with Crippen molar-refractivity contribution in [2.24, 2.45) is 0 Å². The summed E-state index contributed by atoms with van der Waals surface area (Å²) in [5.41, 5.74) is 3.34. The molecule has 6 heteroatoms. The van der Waals surface area contributed by atoms with E-state index in [2.05, 4.69) is 33.7 Å². The fourth-order valence-electron chi connectivity index (χ4n) is 4.08. The first-order valence-electron chi connectivity index (χ1n) is 10.8. The zero-order chi connectivity index (χ0) is 21.9. The third-order valence-corrected chi connectivity index (χ3v) is 5.76. The number of hydrogen-bond donors (Lipinski definition) is 2. The van der Waals surface area contributed by atoms with Crippen LogP contribution in [0.4, 0.5) is 10.1 Å². The Morgan fingerprint density at radius 3 is 2.62 bits per heavy atom. The van der Waals surface area contributed by atoms with E-state index in [1.165, 1.54) is 17.7 Å². The van der Waals surface area contributed by atoms with Crippen molar-refractivity contribution in [1.29, 1.82) is 0 Å². The molecule has 3 aromatic carbocycles. The van der Waals surface area contributed by atoms with Crippen molar-refractivity contribution < 1.29 is 13.6 Å². The number of anilines is 1. The van der Waals surface area contributed by atoms with Crippen LogP contribution in [0.1, 0.15) is 15.9 Å². The molecule has 0 unspecified atom stereocenters. The van der Waals surface area contributed by atoms with Crippen molar-refractivity contribution in [1.82, 2.24) is 10.2 Å². The van der Waals surface area contributed by atoms with Gasteiger partial charge in [0.15, 0.2) is 0 Å². The number of nitrogens with one attached hydrogen (secondary N) is 2. The molecule has 0 radical (unpaired) electrons. The second kappa shape index (κ2) is 8.94. The molecule has 1 saturated heterocycles. The molecule has 0 aliphatic carbocycles. The van der Waals surface area contributed by atoms with Crippen LogP contribution in [0.15, 0.2) is 77.2 Å². The highest BCUT2D eigenvalue weighted by Crippen LogP contribution is 2.33. The lowest BCUT2D eigenvalue weighted by atomic mass is 10.1. The monoisotopic (exact) mass is 429 g/mol. The highest BCUT2D eigenvalue weighted by atomic mass is 19.1. The molecule has 2 N–H and O–H groups in total. The molecule has 5 nitrogen and oxygen atoms in total. The molecule has 1 aliphatic rings. The van der Waals surface area contributed by atoms with Gasteiger partial charge in [-0.1, -0.05) is 36.4 Å². The molecule has 32 heavy (non-hydrogen) atoms. The minimum atomic E-state index is -0.553. The van der Waals surface area contributed by atoms with Crippen LogP contribution in [0.5, 0.6) is 0 Å². The number of hydrogen-bond acceptors (Lipinski definition) is 4. The Balaban J connectivity index is 1.41. The highest BCUT2D eigenvalue weighted by molar-refractivity contribution is 6.06. The van der Waals surface area contributed by atoms with Gasteiger partial charge in [0.05, 0.1) is 11.3 Å². The highest BCUT2D eigenvalue weighted by Gasteiger charge is 2.16. The summed E-state index contributed by atoms with van der Waals surface area (Å²) in [6.07, 6.45) is 0. The first-order chi connectivity index (χ1) is 15.7. The molecule has 1 fully saturated rings. The van der Waals surface area contributed by atoms with Gasteiger partial charge < -0.3 is 15.1 Å². The van der Waals surface area contributed by atoms with Crippen molar-refractivity contribution >= 4 is 22.6 Å². The molecule has 162 valence electrons. The lowest BCUT2D eigenvalue weighted by Gasteiger charge is -2.27. The summed E-state index contributed by atoms with van der Waals surface area (Å²) in [4.78, 5) is 15.1. The molecule has 0 bridgehead atoms. The molecule has 0 atom stereocenters. The number of para-hydroxylation sites is 1. The summed E-state index contributed by atoms with van der Waals surface area (Å²) in [5, 5.41) is 7.20. The molecule has 4 aromatic rings. The fraction of sp³-hybridized carbons (Fsp3) is 0.192. The minimum absolute atomic E-state index is 0.00413.